The molecule has 9 nitrogen and oxygen atoms in total. The summed E-state index contributed by atoms with van der Waals surface area (Å²) in [6.07, 6.45) is 5.91. The summed E-state index contributed by atoms with van der Waals surface area (Å²) in [6.45, 7) is 5.71. The minimum atomic E-state index is -1.20. The van der Waals surface area contributed by atoms with Gasteiger partial charge in [0.05, 0.1) is 6.54 Å². The van der Waals surface area contributed by atoms with Crippen LogP contribution in [0.25, 0.3) is 0 Å². The van der Waals surface area contributed by atoms with Gasteiger partial charge in [0.1, 0.15) is 17.1 Å². The Morgan fingerprint density at radius 3 is 2.47 bits per heavy atom. The predicted octanol–water partition coefficient (Wildman–Crippen LogP) is 2.18. The number of fused-ring (bicyclic) bond motifs is 1. The Balaban J connectivity index is 1.34. The smallest absolute Gasteiger partial charge is 0.272 e. The van der Waals surface area contributed by atoms with Crippen LogP contribution in [0.4, 0.5) is 4.39 Å². The Bertz CT molecular complexity index is 1090. The maximum Gasteiger partial charge on any atom is 0.272 e. The van der Waals surface area contributed by atoms with Crippen molar-refractivity contribution in [1.29, 1.82) is 0 Å². The number of likely N-dealkylation sites (N-methyl/N-ethyl adjacent to an activating group) is 1. The number of rotatable bonds is 8. The summed E-state index contributed by atoms with van der Waals surface area (Å²) < 4.78 is 14.6. The number of amides is 3. The molecule has 0 bridgehead atoms. The fraction of sp³-hybridized carbons (Fsp3) is 0.538. The van der Waals surface area contributed by atoms with Crippen molar-refractivity contribution in [3.8, 4) is 0 Å². The number of aromatic nitrogens is 2. The Kier molecular flexibility index (Phi) is 8.03. The Hall–Kier alpha value is -3.27. The van der Waals surface area contributed by atoms with Crippen molar-refractivity contribution in [1.82, 2.24) is 30.2 Å². The van der Waals surface area contributed by atoms with E-state index >= 15 is 0 Å². The predicted molar refractivity (Wildman–Crippen MR) is 133 cm³/mol. The van der Waals surface area contributed by atoms with Crippen LogP contribution in [0.5, 0.6) is 0 Å². The minimum absolute atomic E-state index is 0.113. The van der Waals surface area contributed by atoms with Crippen LogP contribution < -0.4 is 10.6 Å². The molecule has 194 valence electrons. The van der Waals surface area contributed by atoms with E-state index in [2.05, 4.69) is 20.6 Å². The number of nitrogens with one attached hydrogen (secondary N) is 2. The van der Waals surface area contributed by atoms with E-state index in [-0.39, 0.29) is 48.0 Å². The summed E-state index contributed by atoms with van der Waals surface area (Å²) in [4.78, 5) is 42.7. The van der Waals surface area contributed by atoms with Crippen molar-refractivity contribution < 1.29 is 18.8 Å². The molecule has 36 heavy (non-hydrogen) atoms. The average molecular weight is 499 g/mol. The molecule has 3 amide bonds. The van der Waals surface area contributed by atoms with Gasteiger partial charge < -0.3 is 20.4 Å². The monoisotopic (exact) mass is 498 g/mol. The van der Waals surface area contributed by atoms with Gasteiger partial charge in [-0.1, -0.05) is 25.0 Å². The van der Waals surface area contributed by atoms with Crippen LogP contribution in [0.15, 0.2) is 30.3 Å². The molecule has 0 saturated carbocycles. The molecule has 1 atom stereocenters. The van der Waals surface area contributed by atoms with E-state index < -0.39 is 5.54 Å². The highest BCUT2D eigenvalue weighted by atomic mass is 19.1. The van der Waals surface area contributed by atoms with Crippen LogP contribution in [0.3, 0.4) is 0 Å². The summed E-state index contributed by atoms with van der Waals surface area (Å²) in [5.41, 5.74) is -0.0157. The maximum absolute atomic E-state index is 13.1. The highest BCUT2D eigenvalue weighted by Gasteiger charge is 2.46. The largest absolute Gasteiger partial charge is 0.351 e. The number of benzene rings is 1. The van der Waals surface area contributed by atoms with Crippen molar-refractivity contribution in [2.24, 2.45) is 0 Å². The summed E-state index contributed by atoms with van der Waals surface area (Å²) in [5.74, 6) is -1.42. The summed E-state index contributed by atoms with van der Waals surface area (Å²) in [5, 5.41) is 10.1. The van der Waals surface area contributed by atoms with Gasteiger partial charge in [-0.15, -0.1) is 0 Å². The molecule has 1 fully saturated rings. The highest BCUT2D eigenvalue weighted by Crippen LogP contribution is 2.26. The van der Waals surface area contributed by atoms with Gasteiger partial charge in [-0.25, -0.2) is 4.39 Å². The second kappa shape index (κ2) is 11.2. The molecule has 2 aromatic rings. The van der Waals surface area contributed by atoms with E-state index in [1.165, 1.54) is 53.5 Å². The number of nitrogens with zero attached hydrogens (tertiary/aromatic N) is 4. The number of hydrogen-bond acceptors (Lipinski definition) is 5. The van der Waals surface area contributed by atoms with Crippen molar-refractivity contribution in [3.05, 3.63) is 53.1 Å². The van der Waals surface area contributed by atoms with E-state index in [0.29, 0.717) is 6.54 Å². The standard InChI is InChI=1S/C26H35FN6O3/c1-26(25(36)29-17-19-8-10-20(27)11-9-19)18-33-22(24(35)31(26)2)16-21(30-33)23(34)28-12-7-15-32-13-5-3-4-6-14-32/h8-11,16H,3-7,12-15,17-18H2,1-2H3,(H,28,34)(H,29,36). The lowest BCUT2D eigenvalue weighted by atomic mass is 9.96. The van der Waals surface area contributed by atoms with Gasteiger partial charge in [0, 0.05) is 26.2 Å². The molecule has 0 aliphatic carbocycles. The molecule has 4 rings (SSSR count). The zero-order valence-electron chi connectivity index (χ0n) is 21.1. The number of carbonyl (C=O) groups excluding carboxylic acids is 3. The summed E-state index contributed by atoms with van der Waals surface area (Å²) in [6, 6.07) is 7.34. The molecular formula is C26H35FN6O3. The van der Waals surface area contributed by atoms with Crippen LogP contribution in [0.1, 0.15) is 65.6 Å². The molecule has 1 unspecified atom stereocenters. The first-order valence-electron chi connectivity index (χ1n) is 12.7. The molecule has 0 radical (unpaired) electrons. The molecule has 2 aliphatic rings. The third kappa shape index (κ3) is 5.75. The van der Waals surface area contributed by atoms with Gasteiger partial charge in [0.25, 0.3) is 11.8 Å². The molecular weight excluding hydrogens is 463 g/mol. The van der Waals surface area contributed by atoms with Crippen molar-refractivity contribution >= 4 is 17.7 Å². The van der Waals surface area contributed by atoms with Gasteiger partial charge in [0.15, 0.2) is 5.69 Å². The fourth-order valence-electron chi connectivity index (χ4n) is 4.77. The highest BCUT2D eigenvalue weighted by molar-refractivity contribution is 6.01. The third-order valence-electron chi connectivity index (χ3n) is 7.23. The van der Waals surface area contributed by atoms with Gasteiger partial charge >= 0.3 is 0 Å². The fourth-order valence-corrected chi connectivity index (χ4v) is 4.77. The topological polar surface area (TPSA) is 99.6 Å². The first kappa shape index (κ1) is 25.8. The molecule has 1 saturated heterocycles. The summed E-state index contributed by atoms with van der Waals surface area (Å²) in [7, 11) is 1.57. The second-order valence-corrected chi connectivity index (χ2v) is 9.88. The number of likely N-dealkylation sites (tertiary alicyclic amines) is 1. The molecule has 2 N–H and O–H groups in total. The SMILES string of the molecule is CN1C(=O)c2cc(C(=O)NCCCN3CCCCCC3)nn2CC1(C)C(=O)NCc1ccc(F)cc1. The molecule has 2 aliphatic heterocycles. The molecule has 10 heteroatoms. The molecule has 1 aromatic heterocycles. The normalized spacial score (nSPS) is 20.5. The van der Waals surface area contributed by atoms with Gasteiger partial charge in [0.2, 0.25) is 5.91 Å². The Morgan fingerprint density at radius 1 is 1.08 bits per heavy atom. The van der Waals surface area contributed by atoms with E-state index in [1.54, 1.807) is 26.1 Å². The molecule has 3 heterocycles. The first-order chi connectivity index (χ1) is 17.3. The van der Waals surface area contributed by atoms with Gasteiger partial charge in [-0.05, 0) is 63.5 Å². The van der Waals surface area contributed by atoms with Crippen molar-refractivity contribution in [2.75, 3.05) is 33.2 Å². The van der Waals surface area contributed by atoms with E-state index in [4.69, 9.17) is 0 Å². The Labute approximate surface area is 211 Å². The van der Waals surface area contributed by atoms with Crippen LogP contribution in [0, 0.1) is 5.82 Å². The van der Waals surface area contributed by atoms with Crippen LogP contribution in [0.2, 0.25) is 0 Å². The van der Waals surface area contributed by atoms with Crippen molar-refractivity contribution in [2.45, 2.75) is 57.7 Å². The average Bonchev–Trinajstić information content (AvgIpc) is 3.12. The second-order valence-electron chi connectivity index (χ2n) is 9.88. The van der Waals surface area contributed by atoms with Crippen LogP contribution >= 0.6 is 0 Å². The zero-order valence-corrected chi connectivity index (χ0v) is 21.1. The van der Waals surface area contributed by atoms with Crippen molar-refractivity contribution in [3.63, 3.8) is 0 Å². The third-order valence-corrected chi connectivity index (χ3v) is 7.23. The van der Waals surface area contributed by atoms with Gasteiger partial charge in [-0.3, -0.25) is 19.1 Å². The Morgan fingerprint density at radius 2 is 1.78 bits per heavy atom. The number of halogens is 1. The van der Waals surface area contributed by atoms with Gasteiger partial charge in [-0.2, -0.15) is 5.10 Å². The number of carbonyl (C=O) groups is 3. The zero-order chi connectivity index (χ0) is 25.7. The van der Waals surface area contributed by atoms with Crippen LogP contribution in [-0.4, -0.2) is 76.1 Å². The summed E-state index contributed by atoms with van der Waals surface area (Å²) >= 11 is 0. The van der Waals surface area contributed by atoms with Crippen LogP contribution in [-0.2, 0) is 17.9 Å². The minimum Gasteiger partial charge on any atom is -0.351 e. The lowest BCUT2D eigenvalue weighted by Gasteiger charge is -2.40. The number of hydrogen-bond donors (Lipinski definition) is 2. The molecule has 1 aromatic carbocycles. The lowest BCUT2D eigenvalue weighted by molar-refractivity contribution is -0.132. The van der Waals surface area contributed by atoms with E-state index in [9.17, 15) is 18.8 Å². The lowest BCUT2D eigenvalue weighted by Crippen LogP contribution is -2.62. The first-order valence-corrected chi connectivity index (χ1v) is 12.7. The van der Waals surface area contributed by atoms with E-state index in [1.807, 2.05) is 0 Å². The van der Waals surface area contributed by atoms with E-state index in [0.717, 1.165) is 31.6 Å². The molecule has 0 spiro atoms. The quantitative estimate of drug-likeness (QED) is 0.544. The maximum atomic E-state index is 13.1.